The number of pyridine rings is 1. The third-order valence-corrected chi connectivity index (χ3v) is 5.79. The molecule has 0 radical (unpaired) electrons. The molecule has 7 nitrogen and oxygen atoms in total. The maximum Gasteiger partial charge on any atom is 0.256 e. The maximum atomic E-state index is 12.4. The van der Waals surface area contributed by atoms with E-state index >= 15 is 0 Å². The zero-order chi connectivity index (χ0) is 20.9. The highest BCUT2D eigenvalue weighted by Crippen LogP contribution is 2.34. The van der Waals surface area contributed by atoms with Gasteiger partial charge in [-0.1, -0.05) is 11.6 Å². The topological polar surface area (TPSA) is 72.9 Å². The Kier molecular flexibility index (Phi) is 6.59. The van der Waals surface area contributed by atoms with Crippen LogP contribution in [0.2, 0.25) is 5.02 Å². The smallest absolute Gasteiger partial charge is 0.256 e. The average molecular weight is 432 g/mol. The lowest BCUT2D eigenvalue weighted by Crippen LogP contribution is -2.45. The molecule has 1 saturated heterocycles. The van der Waals surface area contributed by atoms with Crippen LogP contribution in [0, 0.1) is 5.92 Å². The summed E-state index contributed by atoms with van der Waals surface area (Å²) >= 11 is 6.05. The quantitative estimate of drug-likeness (QED) is 0.758. The number of nitrogens with zero attached hydrogens (tertiary/aromatic N) is 2. The van der Waals surface area contributed by atoms with Gasteiger partial charge >= 0.3 is 0 Å². The number of halogens is 1. The molecule has 160 valence electrons. The van der Waals surface area contributed by atoms with Gasteiger partial charge in [0, 0.05) is 30.4 Å². The molecule has 1 aromatic carbocycles. The van der Waals surface area contributed by atoms with E-state index in [1.807, 2.05) is 6.07 Å². The van der Waals surface area contributed by atoms with Crippen LogP contribution in [-0.4, -0.2) is 61.8 Å². The molecular formula is C22H26ClN3O4. The van der Waals surface area contributed by atoms with Crippen LogP contribution in [0.25, 0.3) is 0 Å². The van der Waals surface area contributed by atoms with Gasteiger partial charge in [-0.2, -0.15) is 0 Å². The summed E-state index contributed by atoms with van der Waals surface area (Å²) in [6, 6.07) is 8.91. The SMILES string of the molecule is COc1ncccc1C(=O)NCC1CCN(CC2COc3ccc(Cl)cc3O2)CC1. The van der Waals surface area contributed by atoms with Gasteiger partial charge in [0.05, 0.1) is 7.11 Å². The summed E-state index contributed by atoms with van der Waals surface area (Å²) in [6.45, 7) is 3.95. The van der Waals surface area contributed by atoms with Gasteiger partial charge in [0.15, 0.2) is 11.5 Å². The number of nitrogens with one attached hydrogen (secondary N) is 1. The number of amides is 1. The molecule has 4 rings (SSSR count). The molecule has 1 atom stereocenters. The number of aromatic nitrogens is 1. The first-order valence-corrected chi connectivity index (χ1v) is 10.6. The monoisotopic (exact) mass is 431 g/mol. The number of carbonyl (C=O) groups is 1. The lowest BCUT2D eigenvalue weighted by atomic mass is 9.96. The van der Waals surface area contributed by atoms with Crippen molar-refractivity contribution in [2.45, 2.75) is 18.9 Å². The van der Waals surface area contributed by atoms with Crippen LogP contribution in [0.4, 0.5) is 0 Å². The van der Waals surface area contributed by atoms with Crippen LogP contribution in [0.1, 0.15) is 23.2 Å². The third-order valence-electron chi connectivity index (χ3n) is 5.55. The molecule has 1 unspecified atom stereocenters. The number of carbonyl (C=O) groups excluding carboxylic acids is 1. The van der Waals surface area contributed by atoms with Crippen molar-refractivity contribution < 1.29 is 19.0 Å². The molecule has 1 N–H and O–H groups in total. The highest BCUT2D eigenvalue weighted by Gasteiger charge is 2.26. The van der Waals surface area contributed by atoms with Crippen LogP contribution < -0.4 is 19.5 Å². The molecule has 2 aliphatic heterocycles. The first-order valence-electron chi connectivity index (χ1n) is 10.2. The van der Waals surface area contributed by atoms with Crippen LogP contribution >= 0.6 is 11.6 Å². The molecule has 0 bridgehead atoms. The summed E-state index contributed by atoms with van der Waals surface area (Å²) in [5.74, 6) is 2.11. The van der Waals surface area contributed by atoms with Gasteiger partial charge in [0.1, 0.15) is 18.3 Å². The molecule has 2 aromatic rings. The molecule has 1 fully saturated rings. The van der Waals surface area contributed by atoms with Crippen LogP contribution in [0.15, 0.2) is 36.5 Å². The van der Waals surface area contributed by atoms with Gasteiger partial charge in [-0.15, -0.1) is 0 Å². The van der Waals surface area contributed by atoms with E-state index in [1.54, 1.807) is 30.5 Å². The highest BCUT2D eigenvalue weighted by atomic mass is 35.5. The first-order chi connectivity index (χ1) is 14.6. The Bertz CT molecular complexity index is 886. The molecule has 0 spiro atoms. The molecule has 0 aliphatic carbocycles. The molecule has 8 heteroatoms. The van der Waals surface area contributed by atoms with E-state index in [-0.39, 0.29) is 12.0 Å². The molecular weight excluding hydrogens is 406 g/mol. The summed E-state index contributed by atoms with van der Waals surface area (Å²) in [4.78, 5) is 18.9. The number of benzene rings is 1. The van der Waals surface area contributed by atoms with Crippen molar-refractivity contribution >= 4 is 17.5 Å². The van der Waals surface area contributed by atoms with E-state index in [1.165, 1.54) is 7.11 Å². The minimum absolute atomic E-state index is 0.00901. The van der Waals surface area contributed by atoms with Crippen molar-refractivity contribution in [1.29, 1.82) is 0 Å². The Morgan fingerprint density at radius 3 is 2.93 bits per heavy atom. The van der Waals surface area contributed by atoms with E-state index in [0.29, 0.717) is 41.3 Å². The summed E-state index contributed by atoms with van der Waals surface area (Å²) in [7, 11) is 1.52. The second-order valence-corrected chi connectivity index (χ2v) is 8.09. The van der Waals surface area contributed by atoms with Crippen molar-refractivity contribution in [3.8, 4) is 17.4 Å². The second-order valence-electron chi connectivity index (χ2n) is 7.66. The number of rotatable bonds is 6. The van der Waals surface area contributed by atoms with E-state index in [0.717, 1.165) is 38.2 Å². The van der Waals surface area contributed by atoms with Crippen LogP contribution in [0.3, 0.4) is 0 Å². The minimum atomic E-state index is -0.146. The van der Waals surface area contributed by atoms with Gasteiger partial charge in [0.2, 0.25) is 5.88 Å². The van der Waals surface area contributed by atoms with Crippen LogP contribution in [0.5, 0.6) is 17.4 Å². The summed E-state index contributed by atoms with van der Waals surface area (Å²) in [5, 5.41) is 3.66. The van der Waals surface area contributed by atoms with Crippen molar-refractivity contribution in [2.24, 2.45) is 5.92 Å². The number of fused-ring (bicyclic) bond motifs is 1. The summed E-state index contributed by atoms with van der Waals surface area (Å²) in [5.41, 5.74) is 0.465. The number of ether oxygens (including phenoxy) is 3. The number of hydrogen-bond donors (Lipinski definition) is 1. The Balaban J connectivity index is 1.21. The fourth-order valence-corrected chi connectivity index (χ4v) is 4.06. The minimum Gasteiger partial charge on any atom is -0.486 e. The largest absolute Gasteiger partial charge is 0.486 e. The predicted molar refractivity (Wildman–Crippen MR) is 114 cm³/mol. The molecule has 1 aromatic heterocycles. The van der Waals surface area contributed by atoms with Gasteiger partial charge in [-0.05, 0) is 56.1 Å². The summed E-state index contributed by atoms with van der Waals surface area (Å²) in [6.07, 6.45) is 3.66. The van der Waals surface area contributed by atoms with E-state index in [4.69, 9.17) is 25.8 Å². The average Bonchev–Trinajstić information content (AvgIpc) is 2.78. The predicted octanol–water partition coefficient (Wildman–Crippen LogP) is 3.03. The van der Waals surface area contributed by atoms with E-state index in [2.05, 4.69) is 15.2 Å². The van der Waals surface area contributed by atoms with Gasteiger partial charge < -0.3 is 19.5 Å². The van der Waals surface area contributed by atoms with Crippen molar-refractivity contribution in [3.63, 3.8) is 0 Å². The number of likely N-dealkylation sites (tertiary alicyclic amines) is 1. The normalized spacial score (nSPS) is 19.3. The zero-order valence-electron chi connectivity index (χ0n) is 17.0. The first kappa shape index (κ1) is 20.8. The zero-order valence-corrected chi connectivity index (χ0v) is 17.7. The van der Waals surface area contributed by atoms with Gasteiger partial charge in [0.25, 0.3) is 5.91 Å². The highest BCUT2D eigenvalue weighted by molar-refractivity contribution is 6.30. The van der Waals surface area contributed by atoms with E-state index < -0.39 is 0 Å². The Labute approximate surface area is 181 Å². The fourth-order valence-electron chi connectivity index (χ4n) is 3.90. The van der Waals surface area contributed by atoms with E-state index in [9.17, 15) is 4.79 Å². The molecule has 0 saturated carbocycles. The third kappa shape index (κ3) is 4.96. The number of piperidine rings is 1. The van der Waals surface area contributed by atoms with Crippen molar-refractivity contribution in [1.82, 2.24) is 15.2 Å². The number of hydrogen-bond acceptors (Lipinski definition) is 6. The van der Waals surface area contributed by atoms with Crippen molar-refractivity contribution in [3.05, 3.63) is 47.1 Å². The van der Waals surface area contributed by atoms with Gasteiger partial charge in [-0.25, -0.2) is 4.98 Å². The maximum absolute atomic E-state index is 12.4. The molecule has 1 amide bonds. The molecule has 3 heterocycles. The van der Waals surface area contributed by atoms with Gasteiger partial charge in [-0.3, -0.25) is 9.69 Å². The standard InChI is InChI=1S/C22H26ClN3O4/c1-28-22-18(3-2-8-24-22)21(27)25-12-15-6-9-26(10-7-15)13-17-14-29-19-5-4-16(23)11-20(19)30-17/h2-5,8,11,15,17H,6-7,9-10,12-14H2,1H3,(H,25,27). The second kappa shape index (κ2) is 9.53. The lowest BCUT2D eigenvalue weighted by Gasteiger charge is -2.35. The lowest BCUT2D eigenvalue weighted by molar-refractivity contribution is 0.0476. The number of methoxy groups -OCH3 is 1. The Hall–Kier alpha value is -2.51. The van der Waals surface area contributed by atoms with Crippen LogP contribution in [-0.2, 0) is 0 Å². The Morgan fingerprint density at radius 1 is 1.30 bits per heavy atom. The Morgan fingerprint density at radius 2 is 2.13 bits per heavy atom. The van der Waals surface area contributed by atoms with Crippen molar-refractivity contribution in [2.75, 3.05) is 39.9 Å². The fraction of sp³-hybridized carbons (Fsp3) is 0.455. The summed E-state index contributed by atoms with van der Waals surface area (Å²) < 4.78 is 17.0. The molecule has 30 heavy (non-hydrogen) atoms. The molecule has 2 aliphatic rings.